The van der Waals surface area contributed by atoms with Crippen LogP contribution < -0.4 is 10.5 Å². The fourth-order valence-corrected chi connectivity index (χ4v) is 1.46. The first kappa shape index (κ1) is 11.2. The Hall–Kier alpha value is -2.29. The maximum absolute atomic E-state index is 11.0. The summed E-state index contributed by atoms with van der Waals surface area (Å²) >= 11 is 0. The van der Waals surface area contributed by atoms with Gasteiger partial charge in [0.25, 0.3) is 0 Å². The van der Waals surface area contributed by atoms with Crippen LogP contribution in [0.5, 0.6) is 11.5 Å². The van der Waals surface area contributed by atoms with Gasteiger partial charge in [-0.25, -0.2) is 0 Å². The Morgan fingerprint density at radius 1 is 1.06 bits per heavy atom. The van der Waals surface area contributed by atoms with Gasteiger partial charge in [0.15, 0.2) is 0 Å². The minimum Gasteiger partial charge on any atom is -0.457 e. The van der Waals surface area contributed by atoms with Crippen molar-refractivity contribution in [3.63, 3.8) is 0 Å². The molecule has 0 saturated heterocycles. The predicted molar refractivity (Wildman–Crippen MR) is 66.2 cm³/mol. The maximum atomic E-state index is 11.0. The summed E-state index contributed by atoms with van der Waals surface area (Å²) in [5.41, 5.74) is 6.81. The zero-order valence-corrected chi connectivity index (χ0v) is 9.51. The van der Waals surface area contributed by atoms with Gasteiger partial charge in [0.05, 0.1) is 0 Å². The number of ether oxygens (including phenoxy) is 1. The smallest absolute Gasteiger partial charge is 0.248 e. The fourth-order valence-electron chi connectivity index (χ4n) is 1.46. The lowest BCUT2D eigenvalue weighted by Crippen LogP contribution is -2.10. The first-order valence-electron chi connectivity index (χ1n) is 5.29. The summed E-state index contributed by atoms with van der Waals surface area (Å²) < 4.78 is 5.62. The van der Waals surface area contributed by atoms with Crippen molar-refractivity contribution in [1.82, 2.24) is 0 Å². The molecule has 0 heterocycles. The molecule has 0 radical (unpaired) electrons. The van der Waals surface area contributed by atoms with Crippen LogP contribution >= 0.6 is 0 Å². The molecule has 2 aromatic carbocycles. The Morgan fingerprint density at radius 2 is 1.76 bits per heavy atom. The van der Waals surface area contributed by atoms with E-state index in [2.05, 4.69) is 0 Å². The summed E-state index contributed by atoms with van der Waals surface area (Å²) in [6.07, 6.45) is 0. The highest BCUT2D eigenvalue weighted by Crippen LogP contribution is 2.22. The molecule has 17 heavy (non-hydrogen) atoms. The zero-order valence-electron chi connectivity index (χ0n) is 9.51. The minimum atomic E-state index is -0.459. The largest absolute Gasteiger partial charge is 0.457 e. The quantitative estimate of drug-likeness (QED) is 0.876. The van der Waals surface area contributed by atoms with E-state index in [0.29, 0.717) is 11.3 Å². The van der Waals surface area contributed by atoms with Gasteiger partial charge in [-0.2, -0.15) is 0 Å². The second kappa shape index (κ2) is 4.70. The van der Waals surface area contributed by atoms with Crippen LogP contribution in [-0.2, 0) is 0 Å². The van der Waals surface area contributed by atoms with Gasteiger partial charge in [-0.05, 0) is 37.3 Å². The number of rotatable bonds is 3. The summed E-state index contributed by atoms with van der Waals surface area (Å²) in [7, 11) is 0. The van der Waals surface area contributed by atoms with E-state index in [1.807, 2.05) is 31.2 Å². The number of carbonyl (C=O) groups is 1. The van der Waals surface area contributed by atoms with Crippen LogP contribution in [0.3, 0.4) is 0 Å². The van der Waals surface area contributed by atoms with Crippen molar-refractivity contribution in [2.75, 3.05) is 0 Å². The molecule has 0 aromatic heterocycles. The van der Waals surface area contributed by atoms with Gasteiger partial charge >= 0.3 is 0 Å². The molecule has 1 amide bonds. The lowest BCUT2D eigenvalue weighted by Gasteiger charge is -2.06. The van der Waals surface area contributed by atoms with E-state index in [0.717, 1.165) is 5.75 Å². The van der Waals surface area contributed by atoms with Crippen molar-refractivity contribution in [3.05, 3.63) is 59.7 Å². The van der Waals surface area contributed by atoms with E-state index in [4.69, 9.17) is 10.5 Å². The van der Waals surface area contributed by atoms with Crippen LogP contribution in [0.15, 0.2) is 48.5 Å². The van der Waals surface area contributed by atoms with Crippen LogP contribution in [0, 0.1) is 6.92 Å². The number of nitrogens with two attached hydrogens (primary N) is 1. The molecule has 2 rings (SSSR count). The summed E-state index contributed by atoms with van der Waals surface area (Å²) in [6.45, 7) is 2.01. The van der Waals surface area contributed by atoms with Crippen molar-refractivity contribution < 1.29 is 9.53 Å². The summed E-state index contributed by atoms with van der Waals surface area (Å²) in [5.74, 6) is 0.877. The van der Waals surface area contributed by atoms with Crippen molar-refractivity contribution in [1.29, 1.82) is 0 Å². The average molecular weight is 227 g/mol. The molecule has 0 atom stereocenters. The average Bonchev–Trinajstić information content (AvgIpc) is 2.32. The summed E-state index contributed by atoms with van der Waals surface area (Å²) in [6, 6.07) is 14.5. The Labute approximate surface area is 99.8 Å². The molecule has 0 bridgehead atoms. The van der Waals surface area contributed by atoms with E-state index < -0.39 is 5.91 Å². The molecular weight excluding hydrogens is 214 g/mol. The van der Waals surface area contributed by atoms with E-state index in [9.17, 15) is 4.79 Å². The molecule has 0 aliphatic rings. The molecule has 0 fully saturated rings. The Morgan fingerprint density at radius 3 is 2.41 bits per heavy atom. The molecule has 0 saturated carbocycles. The number of carbonyl (C=O) groups excluding carboxylic acids is 1. The third-order valence-electron chi connectivity index (χ3n) is 2.38. The first-order chi connectivity index (χ1) is 8.15. The molecule has 2 N–H and O–H groups in total. The third kappa shape index (κ3) is 2.84. The molecule has 0 aliphatic carbocycles. The normalized spacial score (nSPS) is 9.94. The molecule has 3 nitrogen and oxygen atoms in total. The lowest BCUT2D eigenvalue weighted by atomic mass is 10.2. The lowest BCUT2D eigenvalue weighted by molar-refractivity contribution is 0.1000. The number of benzene rings is 2. The van der Waals surface area contributed by atoms with Gasteiger partial charge in [-0.15, -0.1) is 0 Å². The third-order valence-corrected chi connectivity index (χ3v) is 2.38. The van der Waals surface area contributed by atoms with Crippen LogP contribution in [-0.4, -0.2) is 5.91 Å². The van der Waals surface area contributed by atoms with Crippen molar-refractivity contribution in [3.8, 4) is 11.5 Å². The standard InChI is InChI=1S/C14H13NO2/c1-10-5-7-12(8-6-10)17-13-4-2-3-11(9-13)14(15)16/h2-9H,1H3,(H2,15,16). The van der Waals surface area contributed by atoms with Crippen LogP contribution in [0.25, 0.3) is 0 Å². The molecule has 3 heteroatoms. The Balaban J connectivity index is 2.21. The highest BCUT2D eigenvalue weighted by molar-refractivity contribution is 5.93. The first-order valence-corrected chi connectivity index (χ1v) is 5.29. The number of primary amides is 1. The summed E-state index contributed by atoms with van der Waals surface area (Å²) in [5, 5.41) is 0. The SMILES string of the molecule is Cc1ccc(Oc2cccc(C(N)=O)c2)cc1. The fraction of sp³-hybridized carbons (Fsp3) is 0.0714. The predicted octanol–water partition coefficient (Wildman–Crippen LogP) is 2.89. The topological polar surface area (TPSA) is 52.3 Å². The highest BCUT2D eigenvalue weighted by Gasteiger charge is 2.02. The van der Waals surface area contributed by atoms with Gasteiger partial charge in [0.1, 0.15) is 11.5 Å². The molecule has 0 aliphatic heterocycles. The second-order valence-corrected chi connectivity index (χ2v) is 3.81. The van der Waals surface area contributed by atoms with Gasteiger partial charge < -0.3 is 10.5 Å². The van der Waals surface area contributed by atoms with E-state index >= 15 is 0 Å². The van der Waals surface area contributed by atoms with Crippen LogP contribution in [0.4, 0.5) is 0 Å². The maximum Gasteiger partial charge on any atom is 0.248 e. The monoisotopic (exact) mass is 227 g/mol. The highest BCUT2D eigenvalue weighted by atomic mass is 16.5. The van der Waals surface area contributed by atoms with Crippen molar-refractivity contribution >= 4 is 5.91 Å². The minimum absolute atomic E-state index is 0.439. The summed E-state index contributed by atoms with van der Waals surface area (Å²) in [4.78, 5) is 11.0. The van der Waals surface area contributed by atoms with E-state index in [1.165, 1.54) is 5.56 Å². The molecule has 0 unspecified atom stereocenters. The number of aryl methyl sites for hydroxylation is 1. The number of hydrogen-bond acceptors (Lipinski definition) is 2. The van der Waals surface area contributed by atoms with E-state index in [-0.39, 0.29) is 0 Å². The number of hydrogen-bond donors (Lipinski definition) is 1. The second-order valence-electron chi connectivity index (χ2n) is 3.81. The van der Waals surface area contributed by atoms with Gasteiger partial charge in [-0.1, -0.05) is 23.8 Å². The Bertz CT molecular complexity index is 532. The molecular formula is C14H13NO2. The molecule has 86 valence electrons. The van der Waals surface area contributed by atoms with Crippen LogP contribution in [0.2, 0.25) is 0 Å². The zero-order chi connectivity index (χ0) is 12.3. The van der Waals surface area contributed by atoms with Gasteiger partial charge in [0, 0.05) is 5.56 Å². The van der Waals surface area contributed by atoms with Gasteiger partial charge in [0.2, 0.25) is 5.91 Å². The Kier molecular flexibility index (Phi) is 3.10. The van der Waals surface area contributed by atoms with E-state index in [1.54, 1.807) is 24.3 Å². The molecule has 0 spiro atoms. The number of amides is 1. The van der Waals surface area contributed by atoms with Crippen molar-refractivity contribution in [2.24, 2.45) is 5.73 Å². The van der Waals surface area contributed by atoms with Crippen molar-refractivity contribution in [2.45, 2.75) is 6.92 Å². The van der Waals surface area contributed by atoms with Gasteiger partial charge in [-0.3, -0.25) is 4.79 Å². The van der Waals surface area contributed by atoms with Crippen LogP contribution in [0.1, 0.15) is 15.9 Å². The molecule has 2 aromatic rings.